The molecule has 0 fully saturated rings. The zero-order valence-electron chi connectivity index (χ0n) is 15.5. The second kappa shape index (κ2) is 7.87. The highest BCUT2D eigenvalue weighted by molar-refractivity contribution is 6.04. The van der Waals surface area contributed by atoms with Gasteiger partial charge in [0, 0.05) is 24.4 Å². The van der Waals surface area contributed by atoms with E-state index in [1.54, 1.807) is 13.0 Å². The van der Waals surface area contributed by atoms with Gasteiger partial charge in [-0.2, -0.15) is 0 Å². The van der Waals surface area contributed by atoms with Crippen molar-refractivity contribution in [3.8, 4) is 0 Å². The van der Waals surface area contributed by atoms with Gasteiger partial charge in [-0.15, -0.1) is 0 Å². The molecular formula is C21H19N3O4. The fourth-order valence-corrected chi connectivity index (χ4v) is 2.73. The molecule has 142 valence electrons. The van der Waals surface area contributed by atoms with E-state index < -0.39 is 10.8 Å². The van der Waals surface area contributed by atoms with Crippen LogP contribution in [0.1, 0.15) is 27.0 Å². The number of rotatable bonds is 5. The molecule has 1 N–H and O–H groups in total. The second-order valence-electron chi connectivity index (χ2n) is 6.58. The average Bonchev–Trinajstić information content (AvgIpc) is 2.66. The van der Waals surface area contributed by atoms with Crippen LogP contribution in [0.25, 0.3) is 0 Å². The van der Waals surface area contributed by atoms with Crippen molar-refractivity contribution in [1.29, 1.82) is 0 Å². The number of nitrogens with zero attached hydrogens (tertiary/aromatic N) is 2. The first-order chi connectivity index (χ1) is 13.3. The number of benzene rings is 2. The van der Waals surface area contributed by atoms with E-state index >= 15 is 0 Å². The summed E-state index contributed by atoms with van der Waals surface area (Å²) < 4.78 is 1.46. The Morgan fingerprint density at radius 3 is 2.46 bits per heavy atom. The number of hydrogen-bond acceptors (Lipinski definition) is 4. The third-order valence-electron chi connectivity index (χ3n) is 4.40. The van der Waals surface area contributed by atoms with Gasteiger partial charge in [-0.05, 0) is 31.0 Å². The maximum Gasteiger partial charge on any atom is 0.271 e. The standard InChI is InChI=1S/C21H19N3O4/c1-14-3-6-16(7-4-14)12-23-13-17(8-10-20(23)25)21(26)22-19-11-18(24(27)28)9-5-15(19)2/h3-11,13H,12H2,1-2H3,(H,22,26). The van der Waals surface area contributed by atoms with Gasteiger partial charge in [0.15, 0.2) is 0 Å². The number of amides is 1. The molecular weight excluding hydrogens is 358 g/mol. The van der Waals surface area contributed by atoms with Crippen LogP contribution in [0.2, 0.25) is 0 Å². The van der Waals surface area contributed by atoms with Gasteiger partial charge in [-0.1, -0.05) is 35.9 Å². The Bertz CT molecular complexity index is 1100. The van der Waals surface area contributed by atoms with Crippen LogP contribution in [0, 0.1) is 24.0 Å². The molecule has 28 heavy (non-hydrogen) atoms. The average molecular weight is 377 g/mol. The lowest BCUT2D eigenvalue weighted by Crippen LogP contribution is -2.22. The van der Waals surface area contributed by atoms with Crippen LogP contribution in [0.5, 0.6) is 0 Å². The summed E-state index contributed by atoms with van der Waals surface area (Å²) in [5, 5.41) is 13.6. The topological polar surface area (TPSA) is 94.2 Å². The minimum atomic E-state index is -0.517. The van der Waals surface area contributed by atoms with Crippen LogP contribution in [0.4, 0.5) is 11.4 Å². The first-order valence-electron chi connectivity index (χ1n) is 8.66. The minimum Gasteiger partial charge on any atom is -0.321 e. The SMILES string of the molecule is Cc1ccc(Cn2cc(C(=O)Nc3cc([N+](=O)[O-])ccc3C)ccc2=O)cc1. The Morgan fingerprint density at radius 2 is 1.79 bits per heavy atom. The lowest BCUT2D eigenvalue weighted by Gasteiger charge is -2.11. The summed E-state index contributed by atoms with van der Waals surface area (Å²) in [6, 6.07) is 14.8. The fourth-order valence-electron chi connectivity index (χ4n) is 2.73. The number of carbonyl (C=O) groups excluding carboxylic acids is 1. The number of anilines is 1. The van der Waals surface area contributed by atoms with Crippen molar-refractivity contribution in [2.45, 2.75) is 20.4 Å². The molecule has 0 saturated carbocycles. The van der Waals surface area contributed by atoms with Crippen LogP contribution in [-0.2, 0) is 6.54 Å². The molecule has 1 heterocycles. The molecule has 0 saturated heterocycles. The van der Waals surface area contributed by atoms with Crippen LogP contribution >= 0.6 is 0 Å². The molecule has 3 aromatic rings. The molecule has 0 spiro atoms. The van der Waals surface area contributed by atoms with Gasteiger partial charge in [0.25, 0.3) is 17.2 Å². The van der Waals surface area contributed by atoms with Gasteiger partial charge in [0.1, 0.15) is 0 Å². The number of nitrogens with one attached hydrogen (secondary N) is 1. The Hall–Kier alpha value is -3.74. The Balaban J connectivity index is 1.85. The van der Waals surface area contributed by atoms with Gasteiger partial charge < -0.3 is 9.88 Å². The smallest absolute Gasteiger partial charge is 0.271 e. The van der Waals surface area contributed by atoms with Gasteiger partial charge in [-0.25, -0.2) is 0 Å². The molecule has 2 aromatic carbocycles. The highest BCUT2D eigenvalue weighted by atomic mass is 16.6. The number of aryl methyl sites for hydroxylation is 2. The van der Waals surface area contributed by atoms with Gasteiger partial charge in [0.05, 0.1) is 22.7 Å². The van der Waals surface area contributed by atoms with Crippen molar-refractivity contribution < 1.29 is 9.72 Å². The number of nitro benzene ring substituents is 1. The van der Waals surface area contributed by atoms with E-state index in [9.17, 15) is 19.7 Å². The van der Waals surface area contributed by atoms with E-state index in [1.165, 1.54) is 35.0 Å². The van der Waals surface area contributed by atoms with Gasteiger partial charge in [-0.3, -0.25) is 19.7 Å². The lowest BCUT2D eigenvalue weighted by molar-refractivity contribution is -0.384. The van der Waals surface area contributed by atoms with Crippen molar-refractivity contribution in [3.63, 3.8) is 0 Å². The summed E-state index contributed by atoms with van der Waals surface area (Å²) in [5.74, 6) is -0.443. The maximum atomic E-state index is 12.6. The van der Waals surface area contributed by atoms with E-state index in [1.807, 2.05) is 31.2 Å². The molecule has 0 aliphatic carbocycles. The third kappa shape index (κ3) is 4.32. The molecule has 1 amide bonds. The normalized spacial score (nSPS) is 10.5. The number of aromatic nitrogens is 1. The molecule has 7 heteroatoms. The van der Waals surface area contributed by atoms with E-state index in [2.05, 4.69) is 5.32 Å². The van der Waals surface area contributed by atoms with Crippen molar-refractivity contribution in [1.82, 2.24) is 4.57 Å². The zero-order valence-corrected chi connectivity index (χ0v) is 15.5. The van der Waals surface area contributed by atoms with E-state index in [4.69, 9.17) is 0 Å². The third-order valence-corrected chi connectivity index (χ3v) is 4.40. The van der Waals surface area contributed by atoms with Crippen molar-refractivity contribution in [2.24, 2.45) is 0 Å². The Morgan fingerprint density at radius 1 is 1.07 bits per heavy atom. The predicted molar refractivity (Wildman–Crippen MR) is 107 cm³/mol. The van der Waals surface area contributed by atoms with E-state index in [0.717, 1.165) is 11.1 Å². The summed E-state index contributed by atoms with van der Waals surface area (Å²) in [6.07, 6.45) is 1.49. The predicted octanol–water partition coefficient (Wildman–Crippen LogP) is 3.67. The highest BCUT2D eigenvalue weighted by Crippen LogP contribution is 2.22. The minimum absolute atomic E-state index is 0.106. The van der Waals surface area contributed by atoms with Crippen molar-refractivity contribution in [3.05, 3.63) is 104 Å². The molecule has 0 radical (unpaired) electrons. The summed E-state index contributed by atoms with van der Waals surface area (Å²) in [6.45, 7) is 4.07. The number of carbonyl (C=O) groups is 1. The van der Waals surface area contributed by atoms with Crippen molar-refractivity contribution in [2.75, 3.05) is 5.32 Å². The van der Waals surface area contributed by atoms with Crippen LogP contribution < -0.4 is 10.9 Å². The van der Waals surface area contributed by atoms with Gasteiger partial charge >= 0.3 is 0 Å². The van der Waals surface area contributed by atoms with Crippen molar-refractivity contribution >= 4 is 17.3 Å². The number of pyridine rings is 1. The first-order valence-corrected chi connectivity index (χ1v) is 8.66. The largest absolute Gasteiger partial charge is 0.321 e. The summed E-state index contributed by atoms with van der Waals surface area (Å²) in [5.41, 5.74) is 3.09. The molecule has 7 nitrogen and oxygen atoms in total. The Kier molecular flexibility index (Phi) is 5.35. The van der Waals surface area contributed by atoms with E-state index in [-0.39, 0.29) is 16.8 Å². The fraction of sp³-hybridized carbons (Fsp3) is 0.143. The molecule has 0 unspecified atom stereocenters. The zero-order chi connectivity index (χ0) is 20.3. The number of non-ortho nitro benzene ring substituents is 1. The summed E-state index contributed by atoms with van der Waals surface area (Å²) >= 11 is 0. The van der Waals surface area contributed by atoms with Crippen LogP contribution in [0.3, 0.4) is 0 Å². The van der Waals surface area contributed by atoms with Gasteiger partial charge in [0.2, 0.25) is 0 Å². The number of nitro groups is 1. The summed E-state index contributed by atoms with van der Waals surface area (Å²) in [4.78, 5) is 35.2. The molecule has 0 aliphatic heterocycles. The summed E-state index contributed by atoms with van der Waals surface area (Å²) in [7, 11) is 0. The Labute approximate surface area is 161 Å². The highest BCUT2D eigenvalue weighted by Gasteiger charge is 2.13. The lowest BCUT2D eigenvalue weighted by atomic mass is 10.1. The quantitative estimate of drug-likeness (QED) is 0.542. The monoisotopic (exact) mass is 377 g/mol. The molecule has 0 aliphatic rings. The van der Waals surface area contributed by atoms with E-state index in [0.29, 0.717) is 17.8 Å². The first kappa shape index (κ1) is 19.0. The maximum absolute atomic E-state index is 12.6. The molecule has 3 rings (SSSR count). The number of hydrogen-bond donors (Lipinski definition) is 1. The molecule has 0 atom stereocenters. The van der Waals surface area contributed by atoms with Crippen LogP contribution in [-0.4, -0.2) is 15.4 Å². The van der Waals surface area contributed by atoms with Crippen LogP contribution in [0.15, 0.2) is 65.6 Å². The second-order valence-corrected chi connectivity index (χ2v) is 6.58. The molecule has 1 aromatic heterocycles. The molecule has 0 bridgehead atoms.